The lowest BCUT2D eigenvalue weighted by atomic mass is 9.95. The number of fused-ring (bicyclic) bond motifs is 3. The smallest absolute Gasteiger partial charge is 0.147 e. The van der Waals surface area contributed by atoms with Crippen LogP contribution >= 0.6 is 11.3 Å². The number of rotatable bonds is 6. The van der Waals surface area contributed by atoms with Crippen LogP contribution in [0.2, 0.25) is 0 Å². The number of benzene rings is 6. The molecule has 2 heterocycles. The molecule has 0 atom stereocenters. The minimum Gasteiger partial charge on any atom is -0.291 e. The van der Waals surface area contributed by atoms with Crippen molar-refractivity contribution in [2.24, 2.45) is 5.92 Å². The number of nitrogens with zero attached hydrogens (tertiary/aromatic N) is 2. The zero-order chi connectivity index (χ0) is 29.6. The average molecular weight is 585 g/mol. The molecule has 8 rings (SSSR count). The third-order valence-electron chi connectivity index (χ3n) is 8.47. The summed E-state index contributed by atoms with van der Waals surface area (Å²) >= 11 is 1.81. The highest BCUT2D eigenvalue weighted by molar-refractivity contribution is 7.17. The van der Waals surface area contributed by atoms with E-state index in [1.54, 1.807) is 11.3 Å². The van der Waals surface area contributed by atoms with E-state index in [0.29, 0.717) is 5.92 Å². The summed E-state index contributed by atoms with van der Waals surface area (Å²) in [5.41, 5.74) is 10.5. The van der Waals surface area contributed by atoms with Gasteiger partial charge in [-0.3, -0.25) is 4.57 Å². The molecule has 2 aromatic heterocycles. The Bertz CT molecular complexity index is 2220. The van der Waals surface area contributed by atoms with Crippen LogP contribution in [0.25, 0.3) is 71.2 Å². The van der Waals surface area contributed by atoms with Crippen LogP contribution in [0.5, 0.6) is 0 Å². The first-order chi connectivity index (χ1) is 21.6. The highest BCUT2D eigenvalue weighted by Crippen LogP contribution is 2.43. The van der Waals surface area contributed by atoms with Gasteiger partial charge in [-0.2, -0.15) is 0 Å². The summed E-state index contributed by atoms with van der Waals surface area (Å²) < 4.78 is 3.68. The quantitative estimate of drug-likeness (QED) is 0.190. The van der Waals surface area contributed by atoms with Crippen molar-refractivity contribution in [3.63, 3.8) is 0 Å². The van der Waals surface area contributed by atoms with Gasteiger partial charge in [0.15, 0.2) is 0 Å². The Morgan fingerprint density at radius 3 is 2.02 bits per heavy atom. The predicted molar refractivity (Wildman–Crippen MR) is 189 cm³/mol. The summed E-state index contributed by atoms with van der Waals surface area (Å²) in [7, 11) is 0. The van der Waals surface area contributed by atoms with Crippen LogP contribution in [-0.2, 0) is 6.42 Å². The molecular weight excluding hydrogens is 553 g/mol. The second kappa shape index (κ2) is 10.9. The van der Waals surface area contributed by atoms with E-state index in [1.807, 2.05) is 0 Å². The van der Waals surface area contributed by atoms with E-state index in [-0.39, 0.29) is 0 Å². The summed E-state index contributed by atoms with van der Waals surface area (Å²) in [6.07, 6.45) is 1.10. The van der Waals surface area contributed by atoms with Crippen molar-refractivity contribution >= 4 is 43.2 Å². The van der Waals surface area contributed by atoms with Gasteiger partial charge in [0, 0.05) is 32.2 Å². The highest BCUT2D eigenvalue weighted by atomic mass is 32.1. The van der Waals surface area contributed by atoms with Crippen molar-refractivity contribution in [3.8, 4) is 39.3 Å². The monoisotopic (exact) mass is 584 g/mol. The second-order valence-electron chi connectivity index (χ2n) is 12.0. The normalized spacial score (nSPS) is 11.7. The molecule has 212 valence electrons. The number of para-hydroxylation sites is 3. The van der Waals surface area contributed by atoms with E-state index < -0.39 is 0 Å². The van der Waals surface area contributed by atoms with Gasteiger partial charge < -0.3 is 0 Å². The molecule has 44 heavy (non-hydrogen) atoms. The Balaban J connectivity index is 1.42. The molecule has 0 aliphatic rings. The average Bonchev–Trinajstić information content (AvgIpc) is 3.64. The topological polar surface area (TPSA) is 17.8 Å². The van der Waals surface area contributed by atoms with E-state index in [4.69, 9.17) is 4.98 Å². The van der Waals surface area contributed by atoms with Gasteiger partial charge in [-0.15, -0.1) is 11.3 Å². The molecule has 0 fully saturated rings. The van der Waals surface area contributed by atoms with Crippen LogP contribution in [0, 0.1) is 5.92 Å². The first kappa shape index (κ1) is 26.6. The molecule has 8 aromatic rings. The van der Waals surface area contributed by atoms with Gasteiger partial charge in [0.2, 0.25) is 0 Å². The van der Waals surface area contributed by atoms with Crippen molar-refractivity contribution in [2.45, 2.75) is 20.3 Å². The van der Waals surface area contributed by atoms with Crippen molar-refractivity contribution in [2.75, 3.05) is 0 Å². The second-order valence-corrected chi connectivity index (χ2v) is 12.9. The summed E-state index contributed by atoms with van der Waals surface area (Å²) in [5.74, 6) is 1.60. The first-order valence-corrected chi connectivity index (χ1v) is 16.2. The van der Waals surface area contributed by atoms with Crippen molar-refractivity contribution in [3.05, 3.63) is 144 Å². The van der Waals surface area contributed by atoms with Gasteiger partial charge in [0.05, 0.1) is 16.7 Å². The van der Waals surface area contributed by atoms with Crippen molar-refractivity contribution in [1.29, 1.82) is 0 Å². The van der Waals surface area contributed by atoms with Gasteiger partial charge in [0.1, 0.15) is 5.82 Å². The number of imidazole rings is 1. The van der Waals surface area contributed by atoms with Crippen LogP contribution < -0.4 is 0 Å². The fourth-order valence-corrected chi connectivity index (χ4v) is 7.48. The number of thiophene rings is 1. The largest absolute Gasteiger partial charge is 0.291 e. The van der Waals surface area contributed by atoms with E-state index >= 15 is 0 Å². The Hall–Kier alpha value is -4.99. The number of aromatic nitrogens is 2. The van der Waals surface area contributed by atoms with E-state index in [1.165, 1.54) is 48.7 Å². The third-order valence-corrected chi connectivity index (χ3v) is 9.42. The first-order valence-electron chi connectivity index (χ1n) is 15.3. The molecule has 0 saturated carbocycles. The van der Waals surface area contributed by atoms with Crippen molar-refractivity contribution < 1.29 is 0 Å². The fourth-order valence-electron chi connectivity index (χ4n) is 6.51. The molecule has 0 saturated heterocycles. The van der Waals surface area contributed by atoms with Gasteiger partial charge in [0.25, 0.3) is 0 Å². The van der Waals surface area contributed by atoms with Crippen LogP contribution in [0.1, 0.15) is 19.4 Å². The van der Waals surface area contributed by atoms with E-state index in [0.717, 1.165) is 34.5 Å². The minimum atomic E-state index is 0.636. The van der Waals surface area contributed by atoms with Gasteiger partial charge >= 0.3 is 0 Å². The maximum absolute atomic E-state index is 5.35. The number of hydrogen-bond donors (Lipinski definition) is 0. The zero-order valence-electron chi connectivity index (χ0n) is 24.9. The molecule has 6 aromatic carbocycles. The summed E-state index contributed by atoms with van der Waals surface area (Å²) in [6.45, 7) is 4.56. The lowest BCUT2D eigenvalue weighted by Crippen LogP contribution is -2.03. The maximum atomic E-state index is 5.35. The molecule has 3 heteroatoms. The molecule has 0 N–H and O–H groups in total. The summed E-state index contributed by atoms with van der Waals surface area (Å²) in [5, 5.41) is 6.11. The maximum Gasteiger partial charge on any atom is 0.147 e. The third kappa shape index (κ3) is 4.61. The Labute approximate surface area is 261 Å². The van der Waals surface area contributed by atoms with Crippen LogP contribution in [0.15, 0.2) is 139 Å². The Morgan fingerprint density at radius 1 is 0.636 bits per heavy atom. The standard InChI is InChI=1S/C41H32N2S/c1-27(2)22-28-20-21-31-24-35-36(26-44-39(35)25-32(31)23-28)41-42-37-18-9-10-19-38(37)43(41)40-33(29-12-5-3-6-13-29)16-11-17-34(40)30-14-7-4-8-15-30/h3-21,23-27H,22H2,1-2H3. The Kier molecular flexibility index (Phi) is 6.61. The molecular formula is C41H32N2S. The van der Waals surface area contributed by atoms with E-state index in [2.05, 4.69) is 157 Å². The molecule has 0 radical (unpaired) electrons. The van der Waals surface area contributed by atoms with Gasteiger partial charge in [-0.25, -0.2) is 4.98 Å². The van der Waals surface area contributed by atoms with Crippen LogP contribution in [0.4, 0.5) is 0 Å². The lowest BCUT2D eigenvalue weighted by molar-refractivity contribution is 0.648. The lowest BCUT2D eigenvalue weighted by Gasteiger charge is -2.19. The molecule has 0 spiro atoms. The minimum absolute atomic E-state index is 0.636. The summed E-state index contributed by atoms with van der Waals surface area (Å²) in [6, 6.07) is 48.3. The molecule has 2 nitrogen and oxygen atoms in total. The number of hydrogen-bond acceptors (Lipinski definition) is 2. The zero-order valence-corrected chi connectivity index (χ0v) is 25.7. The molecule has 0 bridgehead atoms. The predicted octanol–water partition coefficient (Wildman–Crippen LogP) is 11.6. The summed E-state index contributed by atoms with van der Waals surface area (Å²) in [4.78, 5) is 5.35. The Morgan fingerprint density at radius 2 is 1.32 bits per heavy atom. The molecule has 0 aliphatic heterocycles. The molecule has 0 unspecified atom stereocenters. The van der Waals surface area contributed by atoms with Crippen LogP contribution in [0.3, 0.4) is 0 Å². The van der Waals surface area contributed by atoms with E-state index in [9.17, 15) is 0 Å². The van der Waals surface area contributed by atoms with Gasteiger partial charge in [-0.05, 0) is 64.1 Å². The molecule has 0 amide bonds. The van der Waals surface area contributed by atoms with Crippen LogP contribution in [-0.4, -0.2) is 9.55 Å². The van der Waals surface area contributed by atoms with Crippen molar-refractivity contribution in [1.82, 2.24) is 9.55 Å². The fraction of sp³-hybridized carbons (Fsp3) is 0.0976. The van der Waals surface area contributed by atoms with Gasteiger partial charge in [-0.1, -0.05) is 123 Å². The molecule has 0 aliphatic carbocycles. The highest BCUT2D eigenvalue weighted by Gasteiger charge is 2.23. The SMILES string of the molecule is CC(C)Cc1ccc2cc3c(-c4nc5ccccc5n4-c4c(-c5ccccc5)cccc4-c4ccccc4)csc3cc2c1.